The number of aryl methyl sites for hydroxylation is 1. The zero-order valence-electron chi connectivity index (χ0n) is 8.82. The van der Waals surface area contributed by atoms with Gasteiger partial charge in [0.15, 0.2) is 0 Å². The maximum Gasteiger partial charge on any atom is 0.339 e. The van der Waals surface area contributed by atoms with Crippen LogP contribution in [0.5, 0.6) is 0 Å². The predicted octanol–water partition coefficient (Wildman–Crippen LogP) is 3.10. The van der Waals surface area contributed by atoms with Crippen molar-refractivity contribution < 1.29 is 8.83 Å². The van der Waals surface area contributed by atoms with Crippen molar-refractivity contribution in [2.75, 3.05) is 0 Å². The number of rotatable bonds is 1. The van der Waals surface area contributed by atoms with Crippen LogP contribution >= 0.6 is 0 Å². The minimum absolute atomic E-state index is 0.263. The first-order valence-electron chi connectivity index (χ1n) is 5.22. The highest BCUT2D eigenvalue weighted by Gasteiger charge is 2.06. The molecule has 2 aromatic heterocycles. The molecule has 0 aliphatic heterocycles. The largest absolute Gasteiger partial charge is 0.464 e. The lowest BCUT2D eigenvalue weighted by Crippen LogP contribution is -2.05. The molecule has 3 aromatic rings. The minimum atomic E-state index is -0.263. The summed E-state index contributed by atoms with van der Waals surface area (Å²) in [5.41, 5.74) is 1.75. The zero-order valence-corrected chi connectivity index (χ0v) is 8.82. The highest BCUT2D eigenvalue weighted by Crippen LogP contribution is 2.23. The van der Waals surface area contributed by atoms with Crippen molar-refractivity contribution in [1.82, 2.24) is 0 Å². The Kier molecular flexibility index (Phi) is 1.86. The Hall–Kier alpha value is -2.03. The summed E-state index contributed by atoms with van der Waals surface area (Å²) in [6, 6.07) is 7.50. The number of furan rings is 1. The number of fused-ring (bicyclic) bond motifs is 2. The molecule has 0 N–H and O–H groups in total. The van der Waals surface area contributed by atoms with E-state index in [9.17, 15) is 4.79 Å². The van der Waals surface area contributed by atoms with Gasteiger partial charge in [-0.05, 0) is 24.6 Å². The molecule has 0 aliphatic carbocycles. The third kappa shape index (κ3) is 1.25. The van der Waals surface area contributed by atoms with Gasteiger partial charge in [0.25, 0.3) is 0 Å². The van der Waals surface area contributed by atoms with Gasteiger partial charge >= 0.3 is 5.63 Å². The molecule has 3 nitrogen and oxygen atoms in total. The lowest BCUT2D eigenvalue weighted by molar-refractivity contribution is 0.550. The fourth-order valence-corrected chi connectivity index (χ4v) is 1.87. The normalized spacial score (nSPS) is 11.3. The molecule has 3 heteroatoms. The molecular formula is C13H10O3. The van der Waals surface area contributed by atoms with Crippen LogP contribution in [0.15, 0.2) is 44.2 Å². The van der Waals surface area contributed by atoms with Crippen molar-refractivity contribution in [3.05, 3.63) is 46.5 Å². The van der Waals surface area contributed by atoms with E-state index in [0.717, 1.165) is 16.4 Å². The molecule has 0 spiro atoms. The van der Waals surface area contributed by atoms with Gasteiger partial charge in [-0.3, -0.25) is 0 Å². The van der Waals surface area contributed by atoms with Crippen LogP contribution in [0.1, 0.15) is 12.5 Å². The fourth-order valence-electron chi connectivity index (χ4n) is 1.87. The summed E-state index contributed by atoms with van der Waals surface area (Å²) < 4.78 is 10.5. The van der Waals surface area contributed by atoms with E-state index in [1.807, 2.05) is 25.1 Å². The van der Waals surface area contributed by atoms with Crippen molar-refractivity contribution in [1.29, 1.82) is 0 Å². The highest BCUT2D eigenvalue weighted by atomic mass is 16.4. The highest BCUT2D eigenvalue weighted by molar-refractivity contribution is 5.92. The summed E-state index contributed by atoms with van der Waals surface area (Å²) in [5.74, 6) is 0. The predicted molar refractivity (Wildman–Crippen MR) is 61.6 cm³/mol. The van der Waals surface area contributed by atoms with E-state index in [1.165, 1.54) is 0 Å². The molecule has 1 aromatic carbocycles. The van der Waals surface area contributed by atoms with Crippen LogP contribution in [0, 0.1) is 0 Å². The Morgan fingerprint density at radius 3 is 2.81 bits per heavy atom. The third-order valence-electron chi connectivity index (χ3n) is 2.76. The first kappa shape index (κ1) is 9.21. The summed E-state index contributed by atoms with van der Waals surface area (Å²) in [6.07, 6.45) is 2.31. The monoisotopic (exact) mass is 214 g/mol. The summed E-state index contributed by atoms with van der Waals surface area (Å²) in [4.78, 5) is 11.5. The lowest BCUT2D eigenvalue weighted by atomic mass is 10.1. The standard InChI is InChI=1S/C13H10O3/c1-2-8-5-10-6-9-3-4-15-11(9)7-12(10)16-13(8)14/h3-7H,2H2,1H3. The maximum atomic E-state index is 11.5. The number of hydrogen-bond donors (Lipinski definition) is 0. The molecule has 0 saturated heterocycles. The van der Waals surface area contributed by atoms with E-state index in [-0.39, 0.29) is 5.63 Å². The Labute approximate surface area is 91.3 Å². The van der Waals surface area contributed by atoms with Gasteiger partial charge in [0, 0.05) is 22.4 Å². The molecule has 0 atom stereocenters. The maximum absolute atomic E-state index is 11.5. The molecule has 16 heavy (non-hydrogen) atoms. The number of hydrogen-bond acceptors (Lipinski definition) is 3. The van der Waals surface area contributed by atoms with Crippen molar-refractivity contribution in [2.24, 2.45) is 0 Å². The second kappa shape index (κ2) is 3.23. The molecule has 3 rings (SSSR count). The van der Waals surface area contributed by atoms with Crippen molar-refractivity contribution in [2.45, 2.75) is 13.3 Å². The van der Waals surface area contributed by atoms with Gasteiger partial charge in [0.1, 0.15) is 11.2 Å². The van der Waals surface area contributed by atoms with Crippen LogP contribution in [0.2, 0.25) is 0 Å². The molecule has 0 fully saturated rings. The van der Waals surface area contributed by atoms with Gasteiger partial charge in [-0.2, -0.15) is 0 Å². The van der Waals surface area contributed by atoms with Crippen LogP contribution in [0.25, 0.3) is 21.9 Å². The van der Waals surface area contributed by atoms with E-state index in [2.05, 4.69) is 0 Å². The van der Waals surface area contributed by atoms with Crippen molar-refractivity contribution in [3.8, 4) is 0 Å². The van der Waals surface area contributed by atoms with Gasteiger partial charge in [0.2, 0.25) is 0 Å². The first-order valence-corrected chi connectivity index (χ1v) is 5.22. The van der Waals surface area contributed by atoms with E-state index in [1.54, 1.807) is 12.3 Å². The van der Waals surface area contributed by atoms with Crippen LogP contribution in [-0.2, 0) is 6.42 Å². The average Bonchev–Trinajstić information content (AvgIpc) is 2.72. The molecule has 0 radical (unpaired) electrons. The summed E-state index contributed by atoms with van der Waals surface area (Å²) in [7, 11) is 0. The molecule has 0 amide bonds. The van der Waals surface area contributed by atoms with Gasteiger partial charge in [-0.1, -0.05) is 6.92 Å². The van der Waals surface area contributed by atoms with E-state index >= 15 is 0 Å². The summed E-state index contributed by atoms with van der Waals surface area (Å²) >= 11 is 0. The molecule has 80 valence electrons. The van der Waals surface area contributed by atoms with E-state index < -0.39 is 0 Å². The van der Waals surface area contributed by atoms with Gasteiger partial charge < -0.3 is 8.83 Å². The lowest BCUT2D eigenvalue weighted by Gasteiger charge is -1.99. The third-order valence-corrected chi connectivity index (χ3v) is 2.76. The molecule has 0 aliphatic rings. The molecule has 0 bridgehead atoms. The summed E-state index contributed by atoms with van der Waals surface area (Å²) in [5, 5.41) is 1.95. The SMILES string of the molecule is CCc1cc2cc3ccoc3cc2oc1=O. The van der Waals surface area contributed by atoms with Crippen LogP contribution in [0.4, 0.5) is 0 Å². The second-order valence-electron chi connectivity index (χ2n) is 3.76. The smallest absolute Gasteiger partial charge is 0.339 e. The molecular weight excluding hydrogens is 204 g/mol. The van der Waals surface area contributed by atoms with Crippen LogP contribution < -0.4 is 5.63 Å². The number of benzene rings is 1. The van der Waals surface area contributed by atoms with Crippen molar-refractivity contribution >= 4 is 21.9 Å². The van der Waals surface area contributed by atoms with E-state index in [4.69, 9.17) is 8.83 Å². The first-order chi connectivity index (χ1) is 7.78. The van der Waals surface area contributed by atoms with E-state index in [0.29, 0.717) is 17.6 Å². The topological polar surface area (TPSA) is 43.4 Å². The zero-order chi connectivity index (χ0) is 11.1. The minimum Gasteiger partial charge on any atom is -0.464 e. The summed E-state index contributed by atoms with van der Waals surface area (Å²) in [6.45, 7) is 1.94. The Morgan fingerprint density at radius 1 is 1.12 bits per heavy atom. The Balaban J connectivity index is 2.45. The quantitative estimate of drug-likeness (QED) is 0.584. The molecule has 2 heterocycles. The van der Waals surface area contributed by atoms with Gasteiger partial charge in [-0.15, -0.1) is 0 Å². The van der Waals surface area contributed by atoms with Gasteiger partial charge in [0.05, 0.1) is 6.26 Å². The molecule has 0 saturated carbocycles. The molecule has 0 unspecified atom stereocenters. The van der Waals surface area contributed by atoms with Crippen molar-refractivity contribution in [3.63, 3.8) is 0 Å². The fraction of sp³-hybridized carbons (Fsp3) is 0.154. The second-order valence-corrected chi connectivity index (χ2v) is 3.76. The average molecular weight is 214 g/mol. The van der Waals surface area contributed by atoms with Crippen LogP contribution in [0.3, 0.4) is 0 Å². The Morgan fingerprint density at radius 2 is 2.00 bits per heavy atom. The Bertz CT molecular complexity index is 719. The van der Waals surface area contributed by atoms with Gasteiger partial charge in [-0.25, -0.2) is 4.79 Å². The van der Waals surface area contributed by atoms with Crippen LogP contribution in [-0.4, -0.2) is 0 Å².